The van der Waals surface area contributed by atoms with E-state index in [2.05, 4.69) is 15.4 Å². The Labute approximate surface area is 146 Å². The number of rotatable bonds is 4. The lowest BCUT2D eigenvalue weighted by Gasteiger charge is -2.31. The molecule has 0 spiro atoms. The van der Waals surface area contributed by atoms with Crippen LogP contribution in [0.15, 0.2) is 24.4 Å². The number of nitrogens with one attached hydrogen (secondary N) is 1. The second-order valence-corrected chi connectivity index (χ2v) is 8.01. The normalized spacial score (nSPS) is 15.0. The number of aromatic nitrogens is 3. The Hall–Kier alpha value is -0.230. The largest absolute Gasteiger partial charge is 0.385 e. The molecule has 0 fully saturated rings. The summed E-state index contributed by atoms with van der Waals surface area (Å²) in [7, 11) is 0. The predicted molar refractivity (Wildman–Crippen MR) is 85.4 cm³/mol. The first kappa shape index (κ1) is 17.1. The summed E-state index contributed by atoms with van der Waals surface area (Å²) in [5.74, 6) is 0. The van der Waals surface area contributed by atoms with Crippen LogP contribution in [0.25, 0.3) is 0 Å². The van der Waals surface area contributed by atoms with Gasteiger partial charge in [0, 0.05) is 22.9 Å². The van der Waals surface area contributed by atoms with Gasteiger partial charge in [-0.15, -0.1) is 0 Å². The molecule has 1 heterocycles. The van der Waals surface area contributed by atoms with Gasteiger partial charge in [0.1, 0.15) is 0 Å². The summed E-state index contributed by atoms with van der Waals surface area (Å²) in [6, 6.07) is 4.70. The fourth-order valence-corrected chi connectivity index (χ4v) is 3.22. The van der Waals surface area contributed by atoms with Crippen molar-refractivity contribution in [2.75, 3.05) is 0 Å². The van der Waals surface area contributed by atoms with Gasteiger partial charge in [-0.25, -0.2) is 0 Å². The fraction of sp³-hybridized carbons (Fsp3) is 0.333. The summed E-state index contributed by atoms with van der Waals surface area (Å²) in [5.41, 5.74) is -0.548. The molecule has 0 radical (unpaired) electrons. The minimum absolute atomic E-state index is 0.0914. The van der Waals surface area contributed by atoms with Crippen molar-refractivity contribution in [1.29, 1.82) is 0 Å². The molecule has 1 aromatic carbocycles. The van der Waals surface area contributed by atoms with Crippen LogP contribution in [-0.4, -0.2) is 24.3 Å². The summed E-state index contributed by atoms with van der Waals surface area (Å²) in [6.07, 6.45) is 1.41. The van der Waals surface area contributed by atoms with Crippen molar-refractivity contribution in [2.45, 2.75) is 22.2 Å². The topological polar surface area (TPSA) is 61.8 Å². The molecular weight excluding hydrogens is 379 g/mol. The summed E-state index contributed by atoms with van der Waals surface area (Å²) in [6.45, 7) is 0. The minimum Gasteiger partial charge on any atom is -0.385 e. The third-order valence-electron chi connectivity index (χ3n) is 2.83. The summed E-state index contributed by atoms with van der Waals surface area (Å²) < 4.78 is -1.66. The van der Waals surface area contributed by atoms with E-state index in [1.165, 1.54) is 6.20 Å². The van der Waals surface area contributed by atoms with Crippen molar-refractivity contribution in [1.82, 2.24) is 15.4 Å². The maximum Gasteiger partial charge on any atom is 0.193 e. The number of H-pyrrole nitrogens is 1. The number of benzene rings is 1. The van der Waals surface area contributed by atoms with E-state index in [-0.39, 0.29) is 12.8 Å². The van der Waals surface area contributed by atoms with Gasteiger partial charge in [0.15, 0.2) is 3.79 Å². The van der Waals surface area contributed by atoms with Gasteiger partial charge in [-0.2, -0.15) is 15.4 Å². The van der Waals surface area contributed by atoms with E-state index in [4.69, 9.17) is 58.0 Å². The van der Waals surface area contributed by atoms with Gasteiger partial charge in [0.2, 0.25) is 0 Å². The Morgan fingerprint density at radius 2 is 1.71 bits per heavy atom. The maximum absolute atomic E-state index is 11.0. The third kappa shape index (κ3) is 4.88. The molecule has 0 saturated carbocycles. The van der Waals surface area contributed by atoms with E-state index >= 15 is 0 Å². The number of aliphatic hydroxyl groups is 1. The molecule has 1 aromatic heterocycles. The summed E-state index contributed by atoms with van der Waals surface area (Å²) in [5, 5.41) is 21.8. The van der Waals surface area contributed by atoms with Gasteiger partial charge in [0.05, 0.1) is 17.5 Å². The second kappa shape index (κ2) is 6.49. The van der Waals surface area contributed by atoms with Crippen molar-refractivity contribution < 1.29 is 5.11 Å². The molecule has 0 amide bonds. The van der Waals surface area contributed by atoms with E-state index in [1.54, 1.807) is 18.2 Å². The van der Waals surface area contributed by atoms with Crippen molar-refractivity contribution >= 4 is 58.0 Å². The number of hydrogen-bond acceptors (Lipinski definition) is 3. The molecule has 21 heavy (non-hydrogen) atoms. The van der Waals surface area contributed by atoms with Gasteiger partial charge in [-0.05, 0) is 23.8 Å². The lowest BCUT2D eigenvalue weighted by atomic mass is 9.86. The fourth-order valence-electron chi connectivity index (χ4n) is 2.03. The van der Waals surface area contributed by atoms with Crippen molar-refractivity contribution in [3.63, 3.8) is 0 Å². The monoisotopic (exact) mass is 387 g/mol. The SMILES string of the molecule is OC(Cc1cn[nH]n1)(CC(Cl)(Cl)Cl)c1cc(Cl)cc(Cl)c1. The average molecular weight is 389 g/mol. The van der Waals surface area contributed by atoms with E-state index < -0.39 is 9.39 Å². The molecule has 1 unspecified atom stereocenters. The highest BCUT2D eigenvalue weighted by Gasteiger charge is 2.39. The Balaban J connectivity index is 2.43. The highest BCUT2D eigenvalue weighted by Crippen LogP contribution is 2.42. The van der Waals surface area contributed by atoms with E-state index in [1.807, 2.05) is 0 Å². The minimum atomic E-state index is -1.66. The summed E-state index contributed by atoms with van der Waals surface area (Å²) in [4.78, 5) is 0. The van der Waals surface area contributed by atoms with Gasteiger partial charge < -0.3 is 5.11 Å². The molecule has 2 rings (SSSR count). The van der Waals surface area contributed by atoms with Crippen LogP contribution in [0, 0.1) is 0 Å². The van der Waals surface area contributed by atoms with Crippen molar-refractivity contribution in [3.8, 4) is 0 Å². The molecule has 0 aliphatic carbocycles. The smallest absolute Gasteiger partial charge is 0.193 e. The number of alkyl halides is 3. The van der Waals surface area contributed by atoms with E-state index in [9.17, 15) is 5.11 Å². The van der Waals surface area contributed by atoms with Crippen LogP contribution >= 0.6 is 58.0 Å². The molecule has 0 saturated heterocycles. The lowest BCUT2D eigenvalue weighted by molar-refractivity contribution is 0.0279. The molecule has 1 atom stereocenters. The number of aromatic amines is 1. The van der Waals surface area contributed by atoms with Crippen LogP contribution in [0.5, 0.6) is 0 Å². The predicted octanol–water partition coefficient (Wildman–Crippen LogP) is 4.30. The zero-order valence-electron chi connectivity index (χ0n) is 10.5. The Bertz CT molecular complexity index is 594. The third-order valence-corrected chi connectivity index (χ3v) is 3.67. The van der Waals surface area contributed by atoms with Crippen LogP contribution in [0.3, 0.4) is 0 Å². The quantitative estimate of drug-likeness (QED) is 0.767. The van der Waals surface area contributed by atoms with Crippen molar-refractivity contribution in [2.24, 2.45) is 0 Å². The highest BCUT2D eigenvalue weighted by atomic mass is 35.6. The molecule has 4 nitrogen and oxygen atoms in total. The van der Waals surface area contributed by atoms with Crippen LogP contribution in [0.4, 0.5) is 0 Å². The molecular formula is C12H10Cl5N3O. The Morgan fingerprint density at radius 3 is 2.19 bits per heavy atom. The lowest BCUT2D eigenvalue weighted by Crippen LogP contribution is -2.33. The molecule has 114 valence electrons. The molecule has 9 heteroatoms. The molecule has 2 N–H and O–H groups in total. The maximum atomic E-state index is 11.0. The van der Waals surface area contributed by atoms with Crippen LogP contribution in [0.2, 0.25) is 10.0 Å². The molecule has 0 aliphatic rings. The first-order valence-electron chi connectivity index (χ1n) is 5.78. The summed E-state index contributed by atoms with van der Waals surface area (Å²) >= 11 is 29.5. The van der Waals surface area contributed by atoms with Crippen LogP contribution in [-0.2, 0) is 12.0 Å². The zero-order valence-corrected chi connectivity index (χ0v) is 14.2. The molecule has 2 aromatic rings. The van der Waals surface area contributed by atoms with Gasteiger partial charge in [0.25, 0.3) is 0 Å². The van der Waals surface area contributed by atoms with Crippen LogP contribution < -0.4 is 0 Å². The Kier molecular flexibility index (Phi) is 5.29. The van der Waals surface area contributed by atoms with Gasteiger partial charge >= 0.3 is 0 Å². The number of nitrogens with zero attached hydrogens (tertiary/aromatic N) is 2. The zero-order chi connectivity index (χ0) is 15.7. The van der Waals surface area contributed by atoms with Crippen LogP contribution in [0.1, 0.15) is 17.7 Å². The highest BCUT2D eigenvalue weighted by molar-refractivity contribution is 6.67. The number of halogens is 5. The number of hydrogen-bond donors (Lipinski definition) is 2. The first-order chi connectivity index (χ1) is 9.68. The second-order valence-electron chi connectivity index (χ2n) is 4.62. The standard InChI is InChI=1S/C12H10Cl5N3O/c13-8-1-7(2-9(14)3-8)11(21,6-12(15,16)17)4-10-5-18-20-19-10/h1-3,5,21H,4,6H2,(H,18,19,20). The average Bonchev–Trinajstić information content (AvgIpc) is 2.77. The molecule has 0 bridgehead atoms. The van der Waals surface area contributed by atoms with Gasteiger partial charge in [-0.1, -0.05) is 58.0 Å². The van der Waals surface area contributed by atoms with E-state index in [0.717, 1.165) is 0 Å². The van der Waals surface area contributed by atoms with Crippen molar-refractivity contribution in [3.05, 3.63) is 45.7 Å². The Morgan fingerprint density at radius 1 is 1.10 bits per heavy atom. The molecule has 0 aliphatic heterocycles. The first-order valence-corrected chi connectivity index (χ1v) is 7.67. The van der Waals surface area contributed by atoms with E-state index in [0.29, 0.717) is 21.3 Å². The van der Waals surface area contributed by atoms with Gasteiger partial charge in [-0.3, -0.25) is 0 Å².